The Labute approximate surface area is 133 Å². The van der Waals surface area contributed by atoms with E-state index in [4.69, 9.17) is 0 Å². The second-order valence-electron chi connectivity index (χ2n) is 6.19. The van der Waals surface area contributed by atoms with Gasteiger partial charge in [-0.3, -0.25) is 0 Å². The van der Waals surface area contributed by atoms with Crippen molar-refractivity contribution in [3.8, 4) is 0 Å². The zero-order chi connectivity index (χ0) is 15.6. The molecule has 0 saturated heterocycles. The fourth-order valence-electron chi connectivity index (χ4n) is 2.57. The van der Waals surface area contributed by atoms with Crippen molar-refractivity contribution < 1.29 is 5.11 Å². The lowest BCUT2D eigenvalue weighted by Gasteiger charge is -2.09. The maximum atomic E-state index is 9.93. The molecule has 1 N–H and O–H groups in total. The quantitative estimate of drug-likeness (QED) is 0.252. The van der Waals surface area contributed by atoms with Crippen molar-refractivity contribution in [2.45, 2.75) is 103 Å². The van der Waals surface area contributed by atoms with Crippen LogP contribution >= 0.6 is 0 Å². The van der Waals surface area contributed by atoms with Crippen molar-refractivity contribution in [3.05, 3.63) is 24.8 Å². The van der Waals surface area contributed by atoms with Crippen molar-refractivity contribution in [2.75, 3.05) is 0 Å². The normalized spacial score (nSPS) is 12.9. The Morgan fingerprint density at radius 1 is 0.762 bits per heavy atom. The molecule has 1 heteroatoms. The monoisotopic (exact) mass is 294 g/mol. The lowest BCUT2D eigenvalue weighted by molar-refractivity contribution is 0.148. The van der Waals surface area contributed by atoms with Gasteiger partial charge in [0.15, 0.2) is 0 Å². The molecule has 124 valence electrons. The van der Waals surface area contributed by atoms with E-state index in [1.54, 1.807) is 0 Å². The molecule has 0 aromatic rings. The Hall–Kier alpha value is -0.560. The minimum Gasteiger partial charge on any atom is -0.393 e. The SMILES string of the molecule is C=CCCCC=CCCCC(O)CCCCCCCCC. The molecule has 0 bridgehead atoms. The van der Waals surface area contributed by atoms with Crippen molar-refractivity contribution in [1.29, 1.82) is 0 Å². The lowest BCUT2D eigenvalue weighted by atomic mass is 10.0. The largest absolute Gasteiger partial charge is 0.393 e. The summed E-state index contributed by atoms with van der Waals surface area (Å²) < 4.78 is 0. The lowest BCUT2D eigenvalue weighted by Crippen LogP contribution is -2.05. The Kier molecular flexibility index (Phi) is 17.0. The molecule has 0 radical (unpaired) electrons. The summed E-state index contributed by atoms with van der Waals surface area (Å²) >= 11 is 0. The molecule has 0 fully saturated rings. The molecule has 0 aliphatic carbocycles. The van der Waals surface area contributed by atoms with E-state index in [2.05, 4.69) is 25.7 Å². The molecule has 0 aliphatic heterocycles. The van der Waals surface area contributed by atoms with Gasteiger partial charge in [0.1, 0.15) is 0 Å². The van der Waals surface area contributed by atoms with Crippen LogP contribution in [-0.2, 0) is 0 Å². The van der Waals surface area contributed by atoms with Crippen LogP contribution in [0.15, 0.2) is 24.8 Å². The fourth-order valence-corrected chi connectivity index (χ4v) is 2.57. The highest BCUT2D eigenvalue weighted by molar-refractivity contribution is 4.82. The molecule has 0 heterocycles. The molecule has 1 atom stereocenters. The average molecular weight is 295 g/mol. The van der Waals surface area contributed by atoms with E-state index in [0.717, 1.165) is 38.5 Å². The Balaban J connectivity index is 3.22. The number of rotatable bonds is 16. The van der Waals surface area contributed by atoms with Gasteiger partial charge in [0.25, 0.3) is 0 Å². The first-order valence-corrected chi connectivity index (χ1v) is 9.25. The molecule has 0 spiro atoms. The van der Waals surface area contributed by atoms with Gasteiger partial charge in [0.05, 0.1) is 6.10 Å². The fraction of sp³-hybridized carbons (Fsp3) is 0.800. The van der Waals surface area contributed by atoms with E-state index in [0.29, 0.717) is 0 Å². The minimum absolute atomic E-state index is 0.0743. The first-order chi connectivity index (χ1) is 10.3. The summed E-state index contributed by atoms with van der Waals surface area (Å²) in [5.41, 5.74) is 0. The number of hydrogen-bond acceptors (Lipinski definition) is 1. The van der Waals surface area contributed by atoms with Gasteiger partial charge in [-0.15, -0.1) is 6.58 Å². The maximum Gasteiger partial charge on any atom is 0.0540 e. The molecule has 0 saturated carbocycles. The van der Waals surface area contributed by atoms with Gasteiger partial charge in [-0.2, -0.15) is 0 Å². The van der Waals surface area contributed by atoms with Crippen LogP contribution in [0.2, 0.25) is 0 Å². The minimum atomic E-state index is -0.0743. The first kappa shape index (κ1) is 20.4. The van der Waals surface area contributed by atoms with Crippen LogP contribution in [-0.4, -0.2) is 11.2 Å². The summed E-state index contributed by atoms with van der Waals surface area (Å²) in [6.07, 6.45) is 23.4. The van der Waals surface area contributed by atoms with E-state index in [1.807, 2.05) is 6.08 Å². The summed E-state index contributed by atoms with van der Waals surface area (Å²) in [5, 5.41) is 9.93. The molecule has 0 aromatic carbocycles. The number of aliphatic hydroxyl groups is 1. The zero-order valence-corrected chi connectivity index (χ0v) is 14.4. The van der Waals surface area contributed by atoms with Gasteiger partial charge in [-0.1, -0.05) is 70.1 Å². The molecular weight excluding hydrogens is 256 g/mol. The molecular formula is C20H38O. The predicted molar refractivity (Wildman–Crippen MR) is 95.7 cm³/mol. The number of aliphatic hydroxyl groups excluding tert-OH is 1. The smallest absolute Gasteiger partial charge is 0.0540 e. The summed E-state index contributed by atoms with van der Waals surface area (Å²) in [6, 6.07) is 0. The van der Waals surface area contributed by atoms with E-state index in [9.17, 15) is 5.11 Å². The van der Waals surface area contributed by atoms with Crippen LogP contribution in [0, 0.1) is 0 Å². The average Bonchev–Trinajstić information content (AvgIpc) is 2.49. The summed E-state index contributed by atoms with van der Waals surface area (Å²) in [5.74, 6) is 0. The van der Waals surface area contributed by atoms with Gasteiger partial charge in [0, 0.05) is 0 Å². The molecule has 0 aromatic heterocycles. The molecule has 0 aliphatic rings. The van der Waals surface area contributed by atoms with Crippen LogP contribution in [0.25, 0.3) is 0 Å². The standard InChI is InChI=1S/C20H38O/c1-3-5-7-9-11-13-15-17-19-20(21)18-16-14-12-10-8-6-4-2/h3,11,13,20-21H,1,4-10,12,14-19H2,2H3. The zero-order valence-electron chi connectivity index (χ0n) is 14.4. The Morgan fingerprint density at radius 2 is 1.33 bits per heavy atom. The third kappa shape index (κ3) is 17.4. The van der Waals surface area contributed by atoms with Crippen LogP contribution in [0.3, 0.4) is 0 Å². The van der Waals surface area contributed by atoms with E-state index < -0.39 is 0 Å². The number of hydrogen-bond donors (Lipinski definition) is 1. The summed E-state index contributed by atoms with van der Waals surface area (Å²) in [7, 11) is 0. The van der Waals surface area contributed by atoms with Crippen LogP contribution in [0.4, 0.5) is 0 Å². The van der Waals surface area contributed by atoms with Crippen molar-refractivity contribution in [1.82, 2.24) is 0 Å². The van der Waals surface area contributed by atoms with Crippen molar-refractivity contribution >= 4 is 0 Å². The highest BCUT2D eigenvalue weighted by atomic mass is 16.3. The Morgan fingerprint density at radius 3 is 2.00 bits per heavy atom. The number of allylic oxidation sites excluding steroid dienone is 3. The third-order valence-electron chi connectivity index (χ3n) is 3.99. The molecule has 1 nitrogen and oxygen atoms in total. The van der Waals surface area contributed by atoms with Crippen LogP contribution in [0.1, 0.15) is 96.8 Å². The summed E-state index contributed by atoms with van der Waals surface area (Å²) in [6.45, 7) is 5.98. The summed E-state index contributed by atoms with van der Waals surface area (Å²) in [4.78, 5) is 0. The van der Waals surface area contributed by atoms with Crippen LogP contribution < -0.4 is 0 Å². The third-order valence-corrected chi connectivity index (χ3v) is 3.99. The van der Waals surface area contributed by atoms with E-state index in [1.165, 1.54) is 51.4 Å². The first-order valence-electron chi connectivity index (χ1n) is 9.25. The maximum absolute atomic E-state index is 9.93. The van der Waals surface area contributed by atoms with Gasteiger partial charge in [0.2, 0.25) is 0 Å². The molecule has 1 unspecified atom stereocenters. The predicted octanol–water partition coefficient (Wildman–Crippen LogP) is 6.57. The van der Waals surface area contributed by atoms with Gasteiger partial charge in [-0.05, 0) is 44.9 Å². The van der Waals surface area contributed by atoms with Crippen molar-refractivity contribution in [2.24, 2.45) is 0 Å². The highest BCUT2D eigenvalue weighted by Gasteiger charge is 2.02. The number of unbranched alkanes of at least 4 members (excludes halogenated alkanes) is 9. The molecule has 21 heavy (non-hydrogen) atoms. The van der Waals surface area contributed by atoms with E-state index >= 15 is 0 Å². The van der Waals surface area contributed by atoms with E-state index in [-0.39, 0.29) is 6.10 Å². The topological polar surface area (TPSA) is 20.2 Å². The Bertz CT molecular complexity index is 232. The molecule has 0 rings (SSSR count). The second-order valence-corrected chi connectivity index (χ2v) is 6.19. The molecule has 0 amide bonds. The van der Waals surface area contributed by atoms with Gasteiger partial charge >= 0.3 is 0 Å². The second kappa shape index (κ2) is 17.5. The highest BCUT2D eigenvalue weighted by Crippen LogP contribution is 2.12. The van der Waals surface area contributed by atoms with Gasteiger partial charge < -0.3 is 5.11 Å². The van der Waals surface area contributed by atoms with Gasteiger partial charge in [-0.25, -0.2) is 0 Å². The van der Waals surface area contributed by atoms with Crippen LogP contribution in [0.5, 0.6) is 0 Å². The van der Waals surface area contributed by atoms with Crippen molar-refractivity contribution in [3.63, 3.8) is 0 Å².